The van der Waals surface area contributed by atoms with Gasteiger partial charge in [-0.2, -0.15) is 0 Å². The van der Waals surface area contributed by atoms with Crippen LogP contribution < -0.4 is 10.7 Å². The van der Waals surface area contributed by atoms with Crippen LogP contribution >= 0.6 is 0 Å². The van der Waals surface area contributed by atoms with Gasteiger partial charge in [-0.05, 0) is 25.0 Å². The second-order valence-corrected chi connectivity index (χ2v) is 6.12. The van der Waals surface area contributed by atoms with E-state index in [-0.39, 0.29) is 17.7 Å². The number of rotatable bonds is 10. The van der Waals surface area contributed by atoms with Gasteiger partial charge in [0.25, 0.3) is 0 Å². The molecule has 0 bridgehead atoms. The van der Waals surface area contributed by atoms with Gasteiger partial charge in [-0.1, -0.05) is 50.2 Å². The van der Waals surface area contributed by atoms with Crippen molar-refractivity contribution in [2.45, 2.75) is 39.4 Å². The fraction of sp³-hybridized carbons (Fsp3) is 0.400. The number of aromatic hydroxyl groups is 2. The SMILES string of the molecule is CCCN(CCC)NC(NCc1ccccc1O)c1ccccc1O. The zero-order valence-electron chi connectivity index (χ0n) is 15.1. The van der Waals surface area contributed by atoms with Gasteiger partial charge in [-0.25, -0.2) is 10.4 Å². The molecular weight excluding hydrogens is 314 g/mol. The Balaban J connectivity index is 2.16. The number of hydrogen-bond acceptors (Lipinski definition) is 5. The quantitative estimate of drug-likeness (QED) is 0.393. The molecule has 0 aromatic heterocycles. The Morgan fingerprint density at radius 3 is 2.08 bits per heavy atom. The highest BCUT2D eigenvalue weighted by Crippen LogP contribution is 2.24. The van der Waals surface area contributed by atoms with Crippen LogP contribution in [0.1, 0.15) is 44.0 Å². The van der Waals surface area contributed by atoms with E-state index in [0.717, 1.165) is 37.1 Å². The van der Waals surface area contributed by atoms with E-state index in [2.05, 4.69) is 29.6 Å². The van der Waals surface area contributed by atoms with Crippen molar-refractivity contribution in [3.8, 4) is 11.5 Å². The Bertz CT molecular complexity index is 642. The molecule has 0 amide bonds. The minimum atomic E-state index is -0.251. The van der Waals surface area contributed by atoms with E-state index in [1.807, 2.05) is 36.4 Å². The van der Waals surface area contributed by atoms with Crippen molar-refractivity contribution in [3.63, 3.8) is 0 Å². The van der Waals surface area contributed by atoms with Crippen molar-refractivity contribution in [3.05, 3.63) is 59.7 Å². The van der Waals surface area contributed by atoms with Gasteiger partial charge in [-0.15, -0.1) is 0 Å². The second-order valence-electron chi connectivity index (χ2n) is 6.12. The van der Waals surface area contributed by atoms with Crippen molar-refractivity contribution in [2.75, 3.05) is 13.1 Å². The monoisotopic (exact) mass is 343 g/mol. The maximum absolute atomic E-state index is 10.3. The molecule has 1 atom stereocenters. The standard InChI is InChI=1S/C20H29N3O2/c1-3-13-23(14-4-2)22-20(17-10-6-8-12-19(17)25)21-15-16-9-5-7-11-18(16)24/h5-12,20-22,24-25H,3-4,13-15H2,1-2H3. The number of para-hydroxylation sites is 2. The van der Waals surface area contributed by atoms with Crippen LogP contribution in [0.2, 0.25) is 0 Å². The van der Waals surface area contributed by atoms with Crippen molar-refractivity contribution < 1.29 is 10.2 Å². The third-order valence-corrected chi connectivity index (χ3v) is 4.03. The zero-order valence-corrected chi connectivity index (χ0v) is 15.1. The lowest BCUT2D eigenvalue weighted by atomic mass is 10.1. The Labute approximate surface area is 150 Å². The molecule has 0 aliphatic rings. The highest BCUT2D eigenvalue weighted by Gasteiger charge is 2.17. The number of phenols is 2. The summed E-state index contributed by atoms with van der Waals surface area (Å²) in [6, 6.07) is 14.6. The zero-order chi connectivity index (χ0) is 18.1. The van der Waals surface area contributed by atoms with E-state index >= 15 is 0 Å². The Hall–Kier alpha value is -2.08. The van der Waals surface area contributed by atoms with Crippen LogP contribution in [0, 0.1) is 0 Å². The number of hydrogen-bond donors (Lipinski definition) is 4. The van der Waals surface area contributed by atoms with Gasteiger partial charge >= 0.3 is 0 Å². The maximum Gasteiger partial charge on any atom is 0.121 e. The van der Waals surface area contributed by atoms with Crippen LogP contribution in [0.4, 0.5) is 0 Å². The van der Waals surface area contributed by atoms with E-state index in [4.69, 9.17) is 0 Å². The summed E-state index contributed by atoms with van der Waals surface area (Å²) in [5.41, 5.74) is 5.09. The summed E-state index contributed by atoms with van der Waals surface area (Å²) in [4.78, 5) is 0. The minimum Gasteiger partial charge on any atom is -0.508 e. The largest absolute Gasteiger partial charge is 0.508 e. The first-order valence-corrected chi connectivity index (χ1v) is 8.95. The predicted molar refractivity (Wildman–Crippen MR) is 101 cm³/mol. The van der Waals surface area contributed by atoms with Gasteiger partial charge in [0.15, 0.2) is 0 Å². The summed E-state index contributed by atoms with van der Waals surface area (Å²) in [7, 11) is 0. The molecule has 2 aromatic carbocycles. The molecule has 5 nitrogen and oxygen atoms in total. The fourth-order valence-electron chi connectivity index (χ4n) is 2.79. The summed E-state index contributed by atoms with van der Waals surface area (Å²) < 4.78 is 0. The molecule has 5 heteroatoms. The molecule has 0 radical (unpaired) electrons. The Morgan fingerprint density at radius 2 is 1.48 bits per heavy atom. The summed E-state index contributed by atoms with van der Waals surface area (Å²) in [5, 5.41) is 25.8. The van der Waals surface area contributed by atoms with Crippen molar-refractivity contribution >= 4 is 0 Å². The molecular formula is C20H29N3O2. The third-order valence-electron chi connectivity index (χ3n) is 4.03. The van der Waals surface area contributed by atoms with Crippen molar-refractivity contribution in [1.29, 1.82) is 0 Å². The second kappa shape index (κ2) is 10.0. The Morgan fingerprint density at radius 1 is 0.880 bits per heavy atom. The van der Waals surface area contributed by atoms with E-state index in [0.29, 0.717) is 6.54 Å². The first kappa shape index (κ1) is 19.2. The first-order chi connectivity index (χ1) is 12.2. The van der Waals surface area contributed by atoms with E-state index in [9.17, 15) is 10.2 Å². The van der Waals surface area contributed by atoms with Crippen molar-refractivity contribution in [2.24, 2.45) is 0 Å². The molecule has 0 spiro atoms. The van der Waals surface area contributed by atoms with Crippen LogP contribution in [-0.4, -0.2) is 28.3 Å². The van der Waals surface area contributed by atoms with Gasteiger partial charge in [0, 0.05) is 30.8 Å². The molecule has 0 aliphatic heterocycles. The number of phenolic OH excluding ortho intramolecular Hbond substituents is 2. The van der Waals surface area contributed by atoms with Gasteiger partial charge in [0.1, 0.15) is 17.7 Å². The van der Waals surface area contributed by atoms with Gasteiger partial charge < -0.3 is 10.2 Å². The number of hydrazine groups is 1. The predicted octanol–water partition coefficient (Wildman–Crippen LogP) is 3.51. The molecule has 0 heterocycles. The van der Waals surface area contributed by atoms with Crippen LogP contribution in [-0.2, 0) is 6.54 Å². The highest BCUT2D eigenvalue weighted by molar-refractivity contribution is 5.35. The first-order valence-electron chi connectivity index (χ1n) is 8.95. The molecule has 4 N–H and O–H groups in total. The topological polar surface area (TPSA) is 67.8 Å². The molecule has 0 fully saturated rings. The molecule has 1 unspecified atom stereocenters. The van der Waals surface area contributed by atoms with Crippen LogP contribution in [0.5, 0.6) is 11.5 Å². The summed E-state index contributed by atoms with van der Waals surface area (Å²) in [6.07, 6.45) is 1.83. The minimum absolute atomic E-state index is 0.248. The molecule has 0 aliphatic carbocycles. The lowest BCUT2D eigenvalue weighted by Crippen LogP contribution is -2.46. The highest BCUT2D eigenvalue weighted by atomic mass is 16.3. The maximum atomic E-state index is 10.3. The molecule has 0 saturated heterocycles. The molecule has 136 valence electrons. The normalized spacial score (nSPS) is 12.4. The lowest BCUT2D eigenvalue weighted by molar-refractivity contribution is 0.140. The van der Waals surface area contributed by atoms with Crippen LogP contribution in [0.3, 0.4) is 0 Å². The van der Waals surface area contributed by atoms with Crippen molar-refractivity contribution in [1.82, 2.24) is 15.8 Å². The van der Waals surface area contributed by atoms with E-state index in [1.54, 1.807) is 12.1 Å². The molecule has 25 heavy (non-hydrogen) atoms. The fourth-order valence-corrected chi connectivity index (χ4v) is 2.79. The van der Waals surface area contributed by atoms with Crippen LogP contribution in [0.25, 0.3) is 0 Å². The van der Waals surface area contributed by atoms with Gasteiger partial charge in [0.05, 0.1) is 0 Å². The number of benzene rings is 2. The average Bonchev–Trinajstić information content (AvgIpc) is 2.61. The molecule has 2 rings (SSSR count). The summed E-state index contributed by atoms with van der Waals surface area (Å²) in [5.74, 6) is 0.516. The Kier molecular flexibility index (Phi) is 7.73. The smallest absolute Gasteiger partial charge is 0.121 e. The van der Waals surface area contributed by atoms with E-state index in [1.165, 1.54) is 0 Å². The summed E-state index contributed by atoms with van der Waals surface area (Å²) in [6.45, 7) is 6.64. The molecule has 0 saturated carbocycles. The van der Waals surface area contributed by atoms with E-state index < -0.39 is 0 Å². The average molecular weight is 343 g/mol. The number of nitrogens with one attached hydrogen (secondary N) is 2. The van der Waals surface area contributed by atoms with Gasteiger partial charge in [0.2, 0.25) is 0 Å². The van der Waals surface area contributed by atoms with Crippen LogP contribution in [0.15, 0.2) is 48.5 Å². The third kappa shape index (κ3) is 5.74. The molecule has 2 aromatic rings. The number of nitrogens with zero attached hydrogens (tertiary/aromatic N) is 1. The summed E-state index contributed by atoms with van der Waals surface area (Å²) >= 11 is 0. The lowest BCUT2D eigenvalue weighted by Gasteiger charge is -2.30. The van der Waals surface area contributed by atoms with Gasteiger partial charge in [-0.3, -0.25) is 5.32 Å².